The zero-order chi connectivity index (χ0) is 17.8. The number of amides is 1. The highest BCUT2D eigenvalue weighted by Crippen LogP contribution is 2.25. The van der Waals surface area contributed by atoms with Gasteiger partial charge in [-0.1, -0.05) is 0 Å². The van der Waals surface area contributed by atoms with Crippen molar-refractivity contribution in [1.29, 1.82) is 0 Å². The molecule has 6 nitrogen and oxygen atoms in total. The van der Waals surface area contributed by atoms with Crippen LogP contribution in [0, 0.1) is 5.92 Å². The van der Waals surface area contributed by atoms with Crippen LogP contribution in [0.1, 0.15) is 32.6 Å². The van der Waals surface area contributed by atoms with Crippen LogP contribution in [0.2, 0.25) is 0 Å². The summed E-state index contributed by atoms with van der Waals surface area (Å²) < 4.78 is 5.56. The molecule has 0 unspecified atom stereocenters. The summed E-state index contributed by atoms with van der Waals surface area (Å²) >= 11 is 0. The number of nitrogens with one attached hydrogen (secondary N) is 1. The van der Waals surface area contributed by atoms with Gasteiger partial charge in [0.2, 0.25) is 5.91 Å². The molecule has 1 amide bonds. The molecule has 2 fully saturated rings. The van der Waals surface area contributed by atoms with E-state index in [9.17, 15) is 4.79 Å². The molecule has 3 heterocycles. The number of ether oxygens (including phenoxy) is 1. The molecule has 1 N–H and O–H groups in total. The van der Waals surface area contributed by atoms with Crippen LogP contribution < -0.4 is 10.2 Å². The molecule has 1 aromatic heterocycles. The van der Waals surface area contributed by atoms with Crippen molar-refractivity contribution in [3.8, 4) is 0 Å². The Morgan fingerprint density at radius 1 is 1.28 bits per heavy atom. The number of anilines is 2. The highest BCUT2D eigenvalue weighted by atomic mass is 16.5. The fraction of sp³-hybridized carbons (Fsp3) is 0.684. The second-order valence-electron chi connectivity index (χ2n) is 7.37. The summed E-state index contributed by atoms with van der Waals surface area (Å²) in [6, 6.07) is 4.49. The van der Waals surface area contributed by atoms with Crippen LogP contribution >= 0.6 is 0 Å². The standard InChI is InChI=1S/C19H30N4O2/c1-14-17(9-12-25-14)19(24)23-10-4-5-15(8-11-23)21-16-6-7-18(20-13-16)22(2)3/h6-7,13-15,17,21H,4-5,8-12H2,1-3H3/t14-,15-,17+/m0/s1. The summed E-state index contributed by atoms with van der Waals surface area (Å²) in [5.74, 6) is 1.28. The lowest BCUT2D eigenvalue weighted by Crippen LogP contribution is -2.39. The van der Waals surface area contributed by atoms with E-state index in [1.807, 2.05) is 43.1 Å². The highest BCUT2D eigenvalue weighted by molar-refractivity contribution is 5.79. The highest BCUT2D eigenvalue weighted by Gasteiger charge is 2.34. The van der Waals surface area contributed by atoms with Crippen molar-refractivity contribution in [3.63, 3.8) is 0 Å². The Morgan fingerprint density at radius 2 is 2.12 bits per heavy atom. The van der Waals surface area contributed by atoms with Crippen LogP contribution in [-0.2, 0) is 9.53 Å². The first kappa shape index (κ1) is 18.0. The van der Waals surface area contributed by atoms with Crippen LogP contribution in [0.25, 0.3) is 0 Å². The quantitative estimate of drug-likeness (QED) is 0.907. The molecular formula is C19H30N4O2. The van der Waals surface area contributed by atoms with Gasteiger partial charge in [-0.25, -0.2) is 4.98 Å². The monoisotopic (exact) mass is 346 g/mol. The minimum absolute atomic E-state index is 0.0484. The van der Waals surface area contributed by atoms with E-state index >= 15 is 0 Å². The number of rotatable bonds is 4. The number of hydrogen-bond acceptors (Lipinski definition) is 5. The Balaban J connectivity index is 1.53. The van der Waals surface area contributed by atoms with Crippen LogP contribution in [-0.4, -0.2) is 61.7 Å². The summed E-state index contributed by atoms with van der Waals surface area (Å²) in [6.07, 6.45) is 5.90. The van der Waals surface area contributed by atoms with Crippen molar-refractivity contribution < 1.29 is 9.53 Å². The summed E-state index contributed by atoms with van der Waals surface area (Å²) in [5, 5.41) is 3.58. The molecule has 0 aliphatic carbocycles. The van der Waals surface area contributed by atoms with E-state index in [1.165, 1.54) is 0 Å². The van der Waals surface area contributed by atoms with Gasteiger partial charge in [0, 0.05) is 39.8 Å². The molecule has 0 radical (unpaired) electrons. The zero-order valence-electron chi connectivity index (χ0n) is 15.6. The lowest BCUT2D eigenvalue weighted by molar-refractivity contribution is -0.136. The first-order chi connectivity index (χ1) is 12.0. The Hall–Kier alpha value is -1.82. The average molecular weight is 346 g/mol. The molecule has 0 saturated carbocycles. The lowest BCUT2D eigenvalue weighted by atomic mass is 10.0. The maximum atomic E-state index is 12.7. The average Bonchev–Trinajstić information content (AvgIpc) is 2.89. The van der Waals surface area contributed by atoms with Gasteiger partial charge < -0.3 is 19.9 Å². The van der Waals surface area contributed by atoms with Gasteiger partial charge in [-0.15, -0.1) is 0 Å². The third kappa shape index (κ3) is 4.42. The maximum Gasteiger partial charge on any atom is 0.228 e. The third-order valence-electron chi connectivity index (χ3n) is 5.31. The summed E-state index contributed by atoms with van der Waals surface area (Å²) in [7, 11) is 3.98. The largest absolute Gasteiger partial charge is 0.381 e. The molecule has 0 bridgehead atoms. The van der Waals surface area contributed by atoms with E-state index in [4.69, 9.17) is 4.74 Å². The number of aromatic nitrogens is 1. The first-order valence-electron chi connectivity index (χ1n) is 9.35. The molecule has 2 saturated heterocycles. The summed E-state index contributed by atoms with van der Waals surface area (Å²) in [5.41, 5.74) is 1.05. The molecule has 3 atom stereocenters. The number of likely N-dealkylation sites (tertiary alicyclic amines) is 1. The van der Waals surface area contributed by atoms with Crippen LogP contribution in [0.5, 0.6) is 0 Å². The maximum absolute atomic E-state index is 12.7. The van der Waals surface area contributed by atoms with Crippen LogP contribution in [0.3, 0.4) is 0 Å². The van der Waals surface area contributed by atoms with E-state index < -0.39 is 0 Å². The van der Waals surface area contributed by atoms with Crippen LogP contribution in [0.15, 0.2) is 18.3 Å². The molecular weight excluding hydrogens is 316 g/mol. The fourth-order valence-corrected chi connectivity index (χ4v) is 3.72. The smallest absolute Gasteiger partial charge is 0.228 e. The summed E-state index contributed by atoms with van der Waals surface area (Å²) in [6.45, 7) is 4.41. The van der Waals surface area contributed by atoms with Crippen molar-refractivity contribution in [2.24, 2.45) is 5.92 Å². The van der Waals surface area contributed by atoms with Gasteiger partial charge in [0.1, 0.15) is 5.82 Å². The van der Waals surface area contributed by atoms with Gasteiger partial charge >= 0.3 is 0 Å². The van der Waals surface area contributed by atoms with Crippen molar-refractivity contribution in [2.45, 2.75) is 44.8 Å². The summed E-state index contributed by atoms with van der Waals surface area (Å²) in [4.78, 5) is 21.2. The van der Waals surface area contributed by atoms with E-state index in [0.717, 1.165) is 50.3 Å². The third-order valence-corrected chi connectivity index (χ3v) is 5.31. The molecule has 6 heteroatoms. The Morgan fingerprint density at radius 3 is 2.76 bits per heavy atom. The molecule has 3 rings (SSSR count). The minimum Gasteiger partial charge on any atom is -0.381 e. The fourth-order valence-electron chi connectivity index (χ4n) is 3.72. The predicted molar refractivity (Wildman–Crippen MR) is 99.9 cm³/mol. The molecule has 1 aromatic rings. The molecule has 2 aliphatic heterocycles. The first-order valence-corrected chi connectivity index (χ1v) is 9.35. The van der Waals surface area contributed by atoms with Crippen molar-refractivity contribution in [2.75, 3.05) is 44.0 Å². The van der Waals surface area contributed by atoms with Gasteiger partial charge in [0.15, 0.2) is 0 Å². The van der Waals surface area contributed by atoms with Gasteiger partial charge in [-0.2, -0.15) is 0 Å². The van der Waals surface area contributed by atoms with Crippen LogP contribution in [0.4, 0.5) is 11.5 Å². The normalized spacial score (nSPS) is 27.0. The van der Waals surface area contributed by atoms with Gasteiger partial charge in [0.05, 0.1) is 23.9 Å². The second kappa shape index (κ2) is 8.04. The SMILES string of the molecule is C[C@@H]1OCC[C@H]1C(=O)N1CCC[C@H](Nc2ccc(N(C)C)nc2)CC1. The number of pyridine rings is 1. The minimum atomic E-state index is 0.0484. The van der Waals surface area contributed by atoms with Crippen molar-refractivity contribution in [3.05, 3.63) is 18.3 Å². The van der Waals surface area contributed by atoms with Crippen molar-refractivity contribution in [1.82, 2.24) is 9.88 Å². The molecule has 25 heavy (non-hydrogen) atoms. The van der Waals surface area contributed by atoms with E-state index in [1.54, 1.807) is 0 Å². The Kier molecular flexibility index (Phi) is 5.78. The number of nitrogens with zero attached hydrogens (tertiary/aromatic N) is 3. The van der Waals surface area contributed by atoms with Gasteiger partial charge in [-0.3, -0.25) is 4.79 Å². The number of carbonyl (C=O) groups excluding carboxylic acids is 1. The Labute approximate surface area is 150 Å². The van der Waals surface area contributed by atoms with Gasteiger partial charge in [-0.05, 0) is 44.7 Å². The lowest BCUT2D eigenvalue weighted by Gasteiger charge is -2.25. The molecule has 0 aromatic carbocycles. The second-order valence-corrected chi connectivity index (χ2v) is 7.37. The van der Waals surface area contributed by atoms with E-state index in [2.05, 4.69) is 16.4 Å². The topological polar surface area (TPSA) is 57.7 Å². The molecule has 138 valence electrons. The zero-order valence-corrected chi connectivity index (χ0v) is 15.6. The number of hydrogen-bond donors (Lipinski definition) is 1. The molecule has 2 aliphatic rings. The Bertz CT molecular complexity index is 575. The van der Waals surface area contributed by atoms with Gasteiger partial charge in [0.25, 0.3) is 0 Å². The number of carbonyl (C=O) groups is 1. The van der Waals surface area contributed by atoms with E-state index in [-0.39, 0.29) is 17.9 Å². The van der Waals surface area contributed by atoms with E-state index in [0.29, 0.717) is 12.6 Å². The molecule has 0 spiro atoms. The van der Waals surface area contributed by atoms with Crippen molar-refractivity contribution >= 4 is 17.4 Å². The predicted octanol–water partition coefficient (Wildman–Crippen LogP) is 2.37.